The number of allylic oxidation sites excluding steroid dienone is 4. The Balaban J connectivity index is 1.54. The fourth-order valence-corrected chi connectivity index (χ4v) is 8.58. The van der Waals surface area contributed by atoms with Gasteiger partial charge in [-0.3, -0.25) is 0 Å². The maximum atomic E-state index is 11.3. The van der Waals surface area contributed by atoms with Gasteiger partial charge < -0.3 is 5.11 Å². The van der Waals surface area contributed by atoms with Gasteiger partial charge in [0.05, 0.1) is 6.10 Å². The Labute approximate surface area is 180 Å². The highest BCUT2D eigenvalue weighted by Gasteiger charge is 2.61. The first-order chi connectivity index (χ1) is 13.7. The molecule has 0 aromatic carbocycles. The Morgan fingerprint density at radius 2 is 1.86 bits per heavy atom. The highest BCUT2D eigenvalue weighted by molar-refractivity contribution is 5.31. The summed E-state index contributed by atoms with van der Waals surface area (Å²) in [7, 11) is 0. The first kappa shape index (κ1) is 21.7. The molecule has 1 N–H and O–H groups in total. The lowest BCUT2D eigenvalue weighted by atomic mass is 9.47. The summed E-state index contributed by atoms with van der Waals surface area (Å²) < 4.78 is 0. The van der Waals surface area contributed by atoms with Gasteiger partial charge in [-0.2, -0.15) is 0 Å². The molecular weight excluding hydrogens is 352 g/mol. The molecule has 0 heterocycles. The number of hydrogen-bond donors (Lipinski definition) is 1. The Morgan fingerprint density at radius 3 is 2.59 bits per heavy atom. The highest BCUT2D eigenvalue weighted by atomic mass is 16.3. The second kappa shape index (κ2) is 7.85. The van der Waals surface area contributed by atoms with Crippen molar-refractivity contribution in [2.45, 2.75) is 105 Å². The molecule has 0 unspecified atom stereocenters. The van der Waals surface area contributed by atoms with E-state index in [0.717, 1.165) is 30.1 Å². The molecule has 0 saturated heterocycles. The minimum absolute atomic E-state index is 0.0792. The smallest absolute Gasteiger partial charge is 0.0579 e. The highest BCUT2D eigenvalue weighted by Crippen LogP contribution is 2.67. The molecule has 0 aliphatic heterocycles. The third kappa shape index (κ3) is 3.58. The number of fused-ring (bicyclic) bond motifs is 5. The van der Waals surface area contributed by atoms with Crippen molar-refractivity contribution in [3.05, 3.63) is 23.3 Å². The first-order valence-corrected chi connectivity index (χ1v) is 12.7. The molecule has 2 saturated carbocycles. The van der Waals surface area contributed by atoms with Gasteiger partial charge in [-0.05, 0) is 91.8 Å². The van der Waals surface area contributed by atoms with E-state index in [1.165, 1.54) is 51.4 Å². The van der Waals surface area contributed by atoms with Crippen LogP contribution in [0.15, 0.2) is 23.3 Å². The fourth-order valence-electron chi connectivity index (χ4n) is 8.58. The molecule has 8 atom stereocenters. The van der Waals surface area contributed by atoms with Crippen molar-refractivity contribution >= 4 is 0 Å². The Bertz CT molecular complexity index is 672. The lowest BCUT2D eigenvalue weighted by Crippen LogP contribution is -2.50. The Hall–Kier alpha value is -0.560. The lowest BCUT2D eigenvalue weighted by Gasteiger charge is -2.57. The largest absolute Gasteiger partial charge is 0.393 e. The van der Waals surface area contributed by atoms with E-state index < -0.39 is 0 Å². The van der Waals surface area contributed by atoms with Gasteiger partial charge >= 0.3 is 0 Å². The molecular formula is C28H46O. The average molecular weight is 399 g/mol. The van der Waals surface area contributed by atoms with Gasteiger partial charge in [0.1, 0.15) is 0 Å². The van der Waals surface area contributed by atoms with Gasteiger partial charge in [-0.1, -0.05) is 77.2 Å². The zero-order valence-electron chi connectivity index (χ0n) is 20.0. The summed E-state index contributed by atoms with van der Waals surface area (Å²) in [5, 5.41) is 11.3. The molecule has 0 amide bonds. The number of hydrogen-bond acceptors (Lipinski definition) is 1. The van der Waals surface area contributed by atoms with Gasteiger partial charge in [0.15, 0.2) is 0 Å². The van der Waals surface area contributed by atoms with Crippen LogP contribution in [0.1, 0.15) is 99.3 Å². The molecule has 0 bridgehead atoms. The summed E-state index contributed by atoms with van der Waals surface area (Å²) >= 11 is 0. The van der Waals surface area contributed by atoms with E-state index in [0.29, 0.717) is 22.7 Å². The maximum Gasteiger partial charge on any atom is 0.0579 e. The quantitative estimate of drug-likeness (QED) is 0.474. The molecule has 0 spiro atoms. The summed E-state index contributed by atoms with van der Waals surface area (Å²) in [5.74, 6) is 4.29. The van der Waals surface area contributed by atoms with Crippen molar-refractivity contribution in [3.8, 4) is 0 Å². The van der Waals surface area contributed by atoms with E-state index in [1.807, 2.05) is 0 Å². The van der Waals surface area contributed by atoms with Crippen molar-refractivity contribution < 1.29 is 5.11 Å². The minimum Gasteiger partial charge on any atom is -0.393 e. The van der Waals surface area contributed by atoms with Crippen LogP contribution < -0.4 is 0 Å². The van der Waals surface area contributed by atoms with Crippen LogP contribution in [0.2, 0.25) is 0 Å². The third-order valence-electron chi connectivity index (χ3n) is 10.1. The maximum absolute atomic E-state index is 11.3. The van der Waals surface area contributed by atoms with E-state index in [4.69, 9.17) is 0 Å². The van der Waals surface area contributed by atoms with Gasteiger partial charge in [-0.25, -0.2) is 0 Å². The molecule has 4 rings (SSSR count). The summed E-state index contributed by atoms with van der Waals surface area (Å²) in [6.45, 7) is 14.6. The summed E-state index contributed by atoms with van der Waals surface area (Å²) in [4.78, 5) is 0. The van der Waals surface area contributed by atoms with E-state index in [9.17, 15) is 5.11 Å². The zero-order chi connectivity index (χ0) is 21.0. The second-order valence-corrected chi connectivity index (χ2v) is 12.4. The topological polar surface area (TPSA) is 20.2 Å². The normalized spacial score (nSPS) is 45.2. The van der Waals surface area contributed by atoms with E-state index in [1.54, 1.807) is 11.1 Å². The molecule has 0 radical (unpaired) electrons. The van der Waals surface area contributed by atoms with Crippen molar-refractivity contribution in [2.24, 2.45) is 46.3 Å². The minimum atomic E-state index is -0.0792. The van der Waals surface area contributed by atoms with Crippen LogP contribution in [-0.4, -0.2) is 11.2 Å². The predicted molar refractivity (Wildman–Crippen MR) is 124 cm³/mol. The van der Waals surface area contributed by atoms with Crippen LogP contribution in [0.5, 0.6) is 0 Å². The third-order valence-corrected chi connectivity index (χ3v) is 10.1. The average Bonchev–Trinajstić information content (AvgIpc) is 2.92. The summed E-state index contributed by atoms with van der Waals surface area (Å²) in [6.07, 6.45) is 16.5. The number of aliphatic hydroxyl groups excluding tert-OH is 1. The second-order valence-electron chi connectivity index (χ2n) is 12.4. The van der Waals surface area contributed by atoms with Crippen LogP contribution in [0, 0.1) is 46.3 Å². The van der Waals surface area contributed by atoms with Crippen molar-refractivity contribution in [2.75, 3.05) is 0 Å². The lowest BCUT2D eigenvalue weighted by molar-refractivity contribution is -0.0511. The monoisotopic (exact) mass is 398 g/mol. The van der Waals surface area contributed by atoms with Crippen LogP contribution in [0.4, 0.5) is 0 Å². The zero-order valence-corrected chi connectivity index (χ0v) is 20.0. The standard InChI is InChI=1S/C28H46O/c1-18(2)8-7-9-20(4)26-25(29)17-24-22-11-10-21-16-19(3)12-14-27(21,5)23(22)13-15-28(24,26)6/h10,12,18,20,22-26,29H,7-9,11,13-17H2,1-6H3/t20-,22-,23+,24+,25+,26+,27+,28+/m1/s1. The molecule has 0 aromatic rings. The van der Waals surface area contributed by atoms with E-state index in [-0.39, 0.29) is 6.10 Å². The molecule has 2 fully saturated rings. The van der Waals surface area contributed by atoms with Crippen LogP contribution in [-0.2, 0) is 0 Å². The van der Waals surface area contributed by atoms with Crippen LogP contribution in [0.3, 0.4) is 0 Å². The number of rotatable bonds is 5. The van der Waals surface area contributed by atoms with E-state index >= 15 is 0 Å². The Morgan fingerprint density at radius 1 is 1.10 bits per heavy atom. The van der Waals surface area contributed by atoms with Crippen LogP contribution in [0.25, 0.3) is 0 Å². The van der Waals surface area contributed by atoms with Crippen molar-refractivity contribution in [1.82, 2.24) is 0 Å². The molecule has 1 heteroatoms. The van der Waals surface area contributed by atoms with Gasteiger partial charge in [0.2, 0.25) is 0 Å². The van der Waals surface area contributed by atoms with Gasteiger partial charge in [-0.15, -0.1) is 0 Å². The molecule has 164 valence electrons. The molecule has 4 aliphatic rings. The molecule has 4 aliphatic carbocycles. The molecule has 29 heavy (non-hydrogen) atoms. The number of aliphatic hydroxyl groups is 1. The Kier molecular flexibility index (Phi) is 5.86. The van der Waals surface area contributed by atoms with Gasteiger partial charge in [0.25, 0.3) is 0 Å². The predicted octanol–water partition coefficient (Wildman–Crippen LogP) is 7.55. The van der Waals surface area contributed by atoms with Crippen molar-refractivity contribution in [3.63, 3.8) is 0 Å². The molecule has 0 aromatic heterocycles. The van der Waals surface area contributed by atoms with Crippen LogP contribution >= 0.6 is 0 Å². The van der Waals surface area contributed by atoms with E-state index in [2.05, 4.69) is 53.7 Å². The summed E-state index contributed by atoms with van der Waals surface area (Å²) in [5.41, 5.74) is 4.04. The van der Waals surface area contributed by atoms with Crippen molar-refractivity contribution in [1.29, 1.82) is 0 Å². The first-order valence-electron chi connectivity index (χ1n) is 12.7. The van der Waals surface area contributed by atoms with Gasteiger partial charge in [0, 0.05) is 0 Å². The fraction of sp³-hybridized carbons (Fsp3) is 0.857. The summed E-state index contributed by atoms with van der Waals surface area (Å²) in [6, 6.07) is 0. The molecule has 1 nitrogen and oxygen atoms in total. The SMILES string of the molecule is CC1=CC[C@@]2(C)C(=CC[C@H]3[C@@H]4C[C@H](O)[C@H]([C@H](C)CCCC(C)C)[C@@]4(C)CC[C@@H]32)C1.